The number of rotatable bonds is 2. The first-order chi connectivity index (χ1) is 8.54. The number of hydrogen-bond acceptors (Lipinski definition) is 1. The first-order valence-corrected chi connectivity index (χ1v) is 6.87. The summed E-state index contributed by atoms with van der Waals surface area (Å²) in [6.45, 7) is 0. The van der Waals surface area contributed by atoms with Crippen molar-refractivity contribution < 1.29 is 13.6 Å². The summed E-state index contributed by atoms with van der Waals surface area (Å²) in [4.78, 5) is 12.4. The van der Waals surface area contributed by atoms with E-state index in [2.05, 4.69) is 21.2 Å². The molecule has 0 bridgehead atoms. The molecule has 1 aliphatic rings. The molecule has 2 rings (SSSR count). The van der Waals surface area contributed by atoms with Gasteiger partial charge in [0.2, 0.25) is 0 Å². The van der Waals surface area contributed by atoms with Gasteiger partial charge in [0.25, 0.3) is 5.91 Å². The summed E-state index contributed by atoms with van der Waals surface area (Å²) in [6, 6.07) is 2.95. The SMILES string of the molecule is O=C(NC1CCC(Br)CC1)c1cc(F)cc(F)c1. The molecule has 0 saturated heterocycles. The van der Waals surface area contributed by atoms with Crippen LogP contribution in [0.15, 0.2) is 18.2 Å². The lowest BCUT2D eigenvalue weighted by molar-refractivity contribution is 0.0927. The summed E-state index contributed by atoms with van der Waals surface area (Å²) < 4.78 is 26.0. The molecule has 18 heavy (non-hydrogen) atoms. The lowest BCUT2D eigenvalue weighted by Gasteiger charge is -2.26. The zero-order valence-electron chi connectivity index (χ0n) is 9.76. The van der Waals surface area contributed by atoms with E-state index in [4.69, 9.17) is 0 Å². The van der Waals surface area contributed by atoms with Gasteiger partial charge in [-0.25, -0.2) is 8.78 Å². The van der Waals surface area contributed by atoms with Gasteiger partial charge in [0.05, 0.1) is 0 Å². The molecule has 98 valence electrons. The number of carbonyl (C=O) groups is 1. The van der Waals surface area contributed by atoms with Gasteiger partial charge in [0.15, 0.2) is 0 Å². The molecule has 5 heteroatoms. The van der Waals surface area contributed by atoms with Crippen molar-refractivity contribution >= 4 is 21.8 Å². The van der Waals surface area contributed by atoms with Crippen LogP contribution in [-0.2, 0) is 0 Å². The third kappa shape index (κ3) is 3.51. The Kier molecular flexibility index (Phi) is 4.32. The minimum absolute atomic E-state index is 0.0356. The maximum Gasteiger partial charge on any atom is 0.251 e. The molecule has 1 aromatic rings. The van der Waals surface area contributed by atoms with Crippen LogP contribution in [0.2, 0.25) is 0 Å². The fourth-order valence-corrected chi connectivity index (χ4v) is 2.68. The molecule has 1 N–H and O–H groups in total. The standard InChI is InChI=1S/C13H14BrF2NO/c14-9-1-3-12(4-2-9)17-13(18)8-5-10(15)7-11(16)6-8/h5-7,9,12H,1-4H2,(H,17,18). The highest BCUT2D eigenvalue weighted by Crippen LogP contribution is 2.24. The van der Waals surface area contributed by atoms with Crippen LogP contribution in [0.5, 0.6) is 0 Å². The molecule has 1 fully saturated rings. The van der Waals surface area contributed by atoms with Crippen LogP contribution in [-0.4, -0.2) is 16.8 Å². The summed E-state index contributed by atoms with van der Waals surface area (Å²) in [5.74, 6) is -1.87. The maximum absolute atomic E-state index is 13.0. The minimum Gasteiger partial charge on any atom is -0.349 e. The third-order valence-electron chi connectivity index (χ3n) is 3.12. The van der Waals surface area contributed by atoms with Crippen LogP contribution in [0.4, 0.5) is 8.78 Å². The number of nitrogens with one attached hydrogen (secondary N) is 1. The highest BCUT2D eigenvalue weighted by molar-refractivity contribution is 9.09. The molecule has 1 aliphatic carbocycles. The zero-order chi connectivity index (χ0) is 13.1. The van der Waals surface area contributed by atoms with Crippen LogP contribution in [0, 0.1) is 11.6 Å². The van der Waals surface area contributed by atoms with Crippen LogP contribution in [0.25, 0.3) is 0 Å². The van der Waals surface area contributed by atoms with E-state index in [1.807, 2.05) is 0 Å². The number of hydrogen-bond donors (Lipinski definition) is 1. The molecular formula is C13H14BrF2NO. The average molecular weight is 318 g/mol. The largest absolute Gasteiger partial charge is 0.349 e. The fraction of sp³-hybridized carbons (Fsp3) is 0.462. The van der Waals surface area contributed by atoms with Gasteiger partial charge < -0.3 is 5.32 Å². The summed E-state index contributed by atoms with van der Waals surface area (Å²) in [6.07, 6.45) is 3.78. The predicted molar refractivity (Wildman–Crippen MR) is 68.8 cm³/mol. The smallest absolute Gasteiger partial charge is 0.251 e. The van der Waals surface area contributed by atoms with Crippen molar-refractivity contribution in [2.45, 2.75) is 36.6 Å². The Bertz CT molecular complexity index is 424. The van der Waals surface area contributed by atoms with E-state index in [0.717, 1.165) is 43.9 Å². The van der Waals surface area contributed by atoms with Gasteiger partial charge in [0, 0.05) is 22.5 Å². The molecule has 1 saturated carbocycles. The van der Waals surface area contributed by atoms with Gasteiger partial charge in [-0.3, -0.25) is 4.79 Å². The lowest BCUT2D eigenvalue weighted by atomic mass is 9.95. The Labute approximate surface area is 113 Å². The Hall–Kier alpha value is -0.970. The maximum atomic E-state index is 13.0. The molecule has 2 nitrogen and oxygen atoms in total. The Morgan fingerprint density at radius 3 is 2.22 bits per heavy atom. The van der Waals surface area contributed by atoms with Crippen molar-refractivity contribution in [3.8, 4) is 0 Å². The number of carbonyl (C=O) groups excluding carboxylic acids is 1. The number of halogens is 3. The van der Waals surface area contributed by atoms with Crippen LogP contribution >= 0.6 is 15.9 Å². The third-order valence-corrected chi connectivity index (χ3v) is 4.03. The van der Waals surface area contributed by atoms with E-state index < -0.39 is 17.5 Å². The van der Waals surface area contributed by atoms with E-state index >= 15 is 0 Å². The van der Waals surface area contributed by atoms with Crippen LogP contribution in [0.3, 0.4) is 0 Å². The van der Waals surface area contributed by atoms with Crippen molar-refractivity contribution in [1.29, 1.82) is 0 Å². The van der Waals surface area contributed by atoms with Crippen molar-refractivity contribution in [3.63, 3.8) is 0 Å². The second-order valence-corrected chi connectivity index (χ2v) is 5.88. The van der Waals surface area contributed by atoms with Gasteiger partial charge in [0.1, 0.15) is 11.6 Å². The molecule has 0 heterocycles. The summed E-state index contributed by atoms with van der Waals surface area (Å²) in [5, 5.41) is 2.82. The van der Waals surface area contributed by atoms with Gasteiger partial charge in [-0.05, 0) is 37.8 Å². The van der Waals surface area contributed by atoms with E-state index in [-0.39, 0.29) is 11.6 Å². The van der Waals surface area contributed by atoms with Crippen molar-refractivity contribution in [2.75, 3.05) is 0 Å². The number of amides is 1. The monoisotopic (exact) mass is 317 g/mol. The molecule has 0 unspecified atom stereocenters. The molecule has 0 atom stereocenters. The molecular weight excluding hydrogens is 304 g/mol. The van der Waals surface area contributed by atoms with E-state index in [1.54, 1.807) is 0 Å². The first-order valence-electron chi connectivity index (χ1n) is 5.95. The Morgan fingerprint density at radius 2 is 1.67 bits per heavy atom. The quantitative estimate of drug-likeness (QED) is 0.832. The topological polar surface area (TPSA) is 29.1 Å². The molecule has 1 aromatic carbocycles. The van der Waals surface area contributed by atoms with E-state index in [1.165, 1.54) is 0 Å². The predicted octanol–water partition coefficient (Wildman–Crippen LogP) is 3.40. The fourth-order valence-electron chi connectivity index (χ4n) is 2.15. The summed E-state index contributed by atoms with van der Waals surface area (Å²) >= 11 is 3.53. The van der Waals surface area contributed by atoms with Gasteiger partial charge in [-0.15, -0.1) is 0 Å². The second-order valence-electron chi connectivity index (χ2n) is 4.58. The minimum atomic E-state index is -0.732. The normalized spacial score (nSPS) is 23.7. The summed E-state index contributed by atoms with van der Waals surface area (Å²) in [5.41, 5.74) is 0.0356. The molecule has 0 aromatic heterocycles. The Morgan fingerprint density at radius 1 is 1.11 bits per heavy atom. The molecule has 0 aliphatic heterocycles. The number of alkyl halides is 1. The second kappa shape index (κ2) is 5.78. The van der Waals surface area contributed by atoms with Gasteiger partial charge in [-0.1, -0.05) is 15.9 Å². The van der Waals surface area contributed by atoms with Gasteiger partial charge >= 0.3 is 0 Å². The highest BCUT2D eigenvalue weighted by Gasteiger charge is 2.21. The number of benzene rings is 1. The first kappa shape index (κ1) is 13.5. The van der Waals surface area contributed by atoms with Crippen LogP contribution < -0.4 is 5.32 Å². The van der Waals surface area contributed by atoms with Gasteiger partial charge in [-0.2, -0.15) is 0 Å². The molecule has 0 radical (unpaired) electrons. The van der Waals surface area contributed by atoms with Crippen molar-refractivity contribution in [3.05, 3.63) is 35.4 Å². The lowest BCUT2D eigenvalue weighted by Crippen LogP contribution is -2.37. The highest BCUT2D eigenvalue weighted by atomic mass is 79.9. The Balaban J connectivity index is 1.99. The summed E-state index contributed by atoms with van der Waals surface area (Å²) in [7, 11) is 0. The zero-order valence-corrected chi connectivity index (χ0v) is 11.3. The van der Waals surface area contributed by atoms with E-state index in [9.17, 15) is 13.6 Å². The van der Waals surface area contributed by atoms with Crippen molar-refractivity contribution in [2.24, 2.45) is 0 Å². The van der Waals surface area contributed by atoms with E-state index in [0.29, 0.717) is 4.83 Å². The average Bonchev–Trinajstić information content (AvgIpc) is 2.31. The van der Waals surface area contributed by atoms with Crippen LogP contribution in [0.1, 0.15) is 36.0 Å². The molecule has 0 spiro atoms. The van der Waals surface area contributed by atoms with Crippen molar-refractivity contribution in [1.82, 2.24) is 5.32 Å². The molecule has 1 amide bonds.